The Balaban J connectivity index is 2.25. The van der Waals surface area contributed by atoms with E-state index in [4.69, 9.17) is 5.11 Å². The lowest BCUT2D eigenvalue weighted by molar-refractivity contribution is -0.137. The van der Waals surface area contributed by atoms with Crippen LogP contribution in [0.1, 0.15) is 33.9 Å². The zero-order valence-corrected chi connectivity index (χ0v) is 12.1. The number of aromatic hydroxyl groups is 1. The number of carbonyl (C=O) groups is 2. The molecule has 5 nitrogen and oxygen atoms in total. The summed E-state index contributed by atoms with van der Waals surface area (Å²) in [5, 5.41) is 21.7. The fourth-order valence-electron chi connectivity index (χ4n) is 2.19. The molecule has 1 amide bonds. The highest BCUT2D eigenvalue weighted by Gasteiger charge is 2.20. The smallest absolute Gasteiger partial charge is 0.305 e. The molecule has 0 aromatic heterocycles. The van der Waals surface area contributed by atoms with Crippen LogP contribution in [0.3, 0.4) is 0 Å². The summed E-state index contributed by atoms with van der Waals surface area (Å²) in [6.45, 7) is 1.69. The zero-order valence-electron chi connectivity index (χ0n) is 12.1. The Morgan fingerprint density at radius 2 is 1.77 bits per heavy atom. The molecule has 0 aliphatic carbocycles. The second-order valence-electron chi connectivity index (χ2n) is 5.01. The molecule has 2 rings (SSSR count). The monoisotopic (exact) mass is 299 g/mol. The molecule has 1 unspecified atom stereocenters. The molecule has 5 heteroatoms. The summed E-state index contributed by atoms with van der Waals surface area (Å²) >= 11 is 0. The number of rotatable bonds is 5. The number of benzene rings is 2. The molecule has 2 aromatic rings. The number of hydrogen-bond donors (Lipinski definition) is 3. The molecule has 0 bridgehead atoms. The lowest BCUT2D eigenvalue weighted by atomic mass is 10.0. The van der Waals surface area contributed by atoms with E-state index in [0.717, 1.165) is 0 Å². The van der Waals surface area contributed by atoms with Crippen LogP contribution in [0.25, 0.3) is 0 Å². The lowest BCUT2D eigenvalue weighted by Crippen LogP contribution is -2.30. The highest BCUT2D eigenvalue weighted by atomic mass is 16.4. The third-order valence-corrected chi connectivity index (χ3v) is 3.37. The van der Waals surface area contributed by atoms with Gasteiger partial charge in [0.05, 0.1) is 18.0 Å². The standard InChI is InChI=1S/C17H17NO4/c1-11-6-5-9-13(16(11)21)17(22)18-14(10-15(19)20)12-7-3-2-4-8-12/h2-9,14,21H,10H2,1H3,(H,18,22)(H,19,20). The van der Waals surface area contributed by atoms with Crippen molar-refractivity contribution in [1.29, 1.82) is 0 Å². The molecule has 0 fully saturated rings. The van der Waals surface area contributed by atoms with E-state index in [-0.39, 0.29) is 17.7 Å². The van der Waals surface area contributed by atoms with Gasteiger partial charge in [-0.2, -0.15) is 0 Å². The number of carboxylic acid groups (broad SMARTS) is 1. The molecule has 1 atom stereocenters. The number of amides is 1. The van der Waals surface area contributed by atoms with Gasteiger partial charge >= 0.3 is 5.97 Å². The number of phenolic OH excluding ortho intramolecular Hbond substituents is 1. The van der Waals surface area contributed by atoms with Crippen molar-refractivity contribution in [2.75, 3.05) is 0 Å². The Bertz CT molecular complexity index is 682. The van der Waals surface area contributed by atoms with Crippen molar-refractivity contribution >= 4 is 11.9 Å². The van der Waals surface area contributed by atoms with Gasteiger partial charge in [-0.25, -0.2) is 0 Å². The molecule has 22 heavy (non-hydrogen) atoms. The Morgan fingerprint density at radius 3 is 2.41 bits per heavy atom. The Labute approximate surface area is 128 Å². The Kier molecular flexibility index (Phi) is 4.78. The molecule has 3 N–H and O–H groups in total. The van der Waals surface area contributed by atoms with Crippen molar-refractivity contribution in [3.05, 3.63) is 65.2 Å². The van der Waals surface area contributed by atoms with E-state index in [2.05, 4.69) is 5.32 Å². The normalized spacial score (nSPS) is 11.7. The van der Waals surface area contributed by atoms with E-state index in [0.29, 0.717) is 11.1 Å². The third kappa shape index (κ3) is 3.63. The van der Waals surface area contributed by atoms with Crippen molar-refractivity contribution in [2.45, 2.75) is 19.4 Å². The van der Waals surface area contributed by atoms with Gasteiger partial charge in [0, 0.05) is 0 Å². The summed E-state index contributed by atoms with van der Waals surface area (Å²) in [6.07, 6.45) is -0.234. The highest BCUT2D eigenvalue weighted by Crippen LogP contribution is 2.23. The highest BCUT2D eigenvalue weighted by molar-refractivity contribution is 5.97. The number of nitrogens with one attached hydrogen (secondary N) is 1. The minimum Gasteiger partial charge on any atom is -0.507 e. The summed E-state index contributed by atoms with van der Waals surface area (Å²) in [5.41, 5.74) is 1.42. The molecular formula is C17H17NO4. The number of para-hydroxylation sites is 1. The van der Waals surface area contributed by atoms with Crippen LogP contribution in [-0.2, 0) is 4.79 Å². The van der Waals surface area contributed by atoms with Gasteiger partial charge in [0.25, 0.3) is 5.91 Å². The fraction of sp³-hybridized carbons (Fsp3) is 0.176. The van der Waals surface area contributed by atoms with Gasteiger partial charge in [-0.1, -0.05) is 42.5 Å². The van der Waals surface area contributed by atoms with Crippen LogP contribution in [-0.4, -0.2) is 22.1 Å². The Morgan fingerprint density at radius 1 is 1.09 bits per heavy atom. The molecule has 0 aliphatic rings. The first-order valence-electron chi connectivity index (χ1n) is 6.85. The predicted octanol–water partition coefficient (Wildman–Crippen LogP) is 2.65. The third-order valence-electron chi connectivity index (χ3n) is 3.37. The minimum absolute atomic E-state index is 0.0952. The molecule has 0 heterocycles. The van der Waals surface area contributed by atoms with Gasteiger partial charge in [0.15, 0.2) is 0 Å². The van der Waals surface area contributed by atoms with E-state index < -0.39 is 17.9 Å². The van der Waals surface area contributed by atoms with Crippen LogP contribution in [0, 0.1) is 6.92 Å². The molecule has 0 spiro atoms. The number of hydrogen-bond acceptors (Lipinski definition) is 3. The van der Waals surface area contributed by atoms with E-state index >= 15 is 0 Å². The lowest BCUT2D eigenvalue weighted by Gasteiger charge is -2.18. The predicted molar refractivity (Wildman–Crippen MR) is 81.7 cm³/mol. The van der Waals surface area contributed by atoms with Crippen LogP contribution in [0.15, 0.2) is 48.5 Å². The SMILES string of the molecule is Cc1cccc(C(=O)NC(CC(=O)O)c2ccccc2)c1O. The van der Waals surface area contributed by atoms with Gasteiger partial charge in [0.1, 0.15) is 5.75 Å². The first-order chi connectivity index (χ1) is 10.5. The van der Waals surface area contributed by atoms with Gasteiger partial charge in [-0.15, -0.1) is 0 Å². The topological polar surface area (TPSA) is 86.6 Å². The van der Waals surface area contributed by atoms with Gasteiger partial charge in [0.2, 0.25) is 0 Å². The average Bonchev–Trinajstić information content (AvgIpc) is 2.49. The fourth-order valence-corrected chi connectivity index (χ4v) is 2.19. The van der Waals surface area contributed by atoms with Crippen LogP contribution in [0.4, 0.5) is 0 Å². The van der Waals surface area contributed by atoms with Gasteiger partial charge in [-0.3, -0.25) is 9.59 Å². The first-order valence-corrected chi connectivity index (χ1v) is 6.85. The average molecular weight is 299 g/mol. The van der Waals surface area contributed by atoms with Crippen molar-refractivity contribution in [3.63, 3.8) is 0 Å². The minimum atomic E-state index is -1.01. The number of aliphatic carboxylic acids is 1. The number of carbonyl (C=O) groups excluding carboxylic acids is 1. The maximum Gasteiger partial charge on any atom is 0.305 e. The molecule has 2 aromatic carbocycles. The van der Waals surface area contributed by atoms with E-state index in [1.807, 2.05) is 6.07 Å². The molecule has 0 saturated carbocycles. The number of carboxylic acids is 1. The van der Waals surface area contributed by atoms with Gasteiger partial charge < -0.3 is 15.5 Å². The van der Waals surface area contributed by atoms with Crippen LogP contribution in [0.5, 0.6) is 5.75 Å². The maximum atomic E-state index is 12.3. The van der Waals surface area contributed by atoms with Crippen LogP contribution in [0.2, 0.25) is 0 Å². The molecule has 0 radical (unpaired) electrons. The number of phenols is 1. The summed E-state index contributed by atoms with van der Waals surface area (Å²) in [6, 6.07) is 13.1. The van der Waals surface area contributed by atoms with Crippen molar-refractivity contribution < 1.29 is 19.8 Å². The summed E-state index contributed by atoms with van der Waals surface area (Å²) in [7, 11) is 0. The summed E-state index contributed by atoms with van der Waals surface area (Å²) < 4.78 is 0. The Hall–Kier alpha value is -2.82. The summed E-state index contributed by atoms with van der Waals surface area (Å²) in [5.74, 6) is -1.61. The molecule has 0 saturated heterocycles. The first kappa shape index (κ1) is 15.6. The molecule has 114 valence electrons. The van der Waals surface area contributed by atoms with Crippen LogP contribution >= 0.6 is 0 Å². The maximum absolute atomic E-state index is 12.3. The van der Waals surface area contributed by atoms with Crippen molar-refractivity contribution in [2.24, 2.45) is 0 Å². The van der Waals surface area contributed by atoms with Crippen molar-refractivity contribution in [1.82, 2.24) is 5.32 Å². The quantitative estimate of drug-likeness (QED) is 0.792. The second-order valence-corrected chi connectivity index (χ2v) is 5.01. The van der Waals surface area contributed by atoms with Gasteiger partial charge in [-0.05, 0) is 24.1 Å². The molecule has 0 aliphatic heterocycles. The van der Waals surface area contributed by atoms with E-state index in [1.54, 1.807) is 43.3 Å². The largest absolute Gasteiger partial charge is 0.507 e. The number of aryl methyl sites for hydroxylation is 1. The second kappa shape index (κ2) is 6.76. The zero-order chi connectivity index (χ0) is 16.1. The van der Waals surface area contributed by atoms with Crippen LogP contribution < -0.4 is 5.32 Å². The summed E-state index contributed by atoms with van der Waals surface area (Å²) in [4.78, 5) is 23.3. The molecular weight excluding hydrogens is 282 g/mol. The van der Waals surface area contributed by atoms with Crippen molar-refractivity contribution in [3.8, 4) is 5.75 Å². The van der Waals surface area contributed by atoms with E-state index in [1.165, 1.54) is 6.07 Å². The van der Waals surface area contributed by atoms with E-state index in [9.17, 15) is 14.7 Å².